The molecule has 8 heterocycles. The van der Waals surface area contributed by atoms with E-state index in [0.29, 0.717) is 115 Å². The number of carbonyl (C=O) groups excluding carboxylic acids is 4. The molecule has 0 spiro atoms. The highest BCUT2D eigenvalue weighted by molar-refractivity contribution is 14.1. The smallest absolute Gasteiger partial charge is 0.333 e. The average Bonchev–Trinajstić information content (AvgIpc) is 1.60. The normalized spacial score (nSPS) is 17.3. The Kier molecular flexibility index (Phi) is 24.9. The molecule has 99 heavy (non-hydrogen) atoms. The summed E-state index contributed by atoms with van der Waals surface area (Å²) in [6.07, 6.45) is 9.19. The van der Waals surface area contributed by atoms with Crippen molar-refractivity contribution in [1.82, 2.24) is 57.0 Å². The van der Waals surface area contributed by atoms with Gasteiger partial charge in [0, 0.05) is 114 Å². The second-order valence-electron chi connectivity index (χ2n) is 25.5. The van der Waals surface area contributed by atoms with E-state index in [1.54, 1.807) is 18.2 Å². The molecule has 6 aromatic rings. The van der Waals surface area contributed by atoms with Crippen molar-refractivity contribution in [3.63, 3.8) is 0 Å². The van der Waals surface area contributed by atoms with Crippen LogP contribution in [0.5, 0.6) is 0 Å². The maximum Gasteiger partial charge on any atom is 0.333 e. The second-order valence-corrected chi connectivity index (χ2v) is 30.6. The number of hydrogen-bond acceptors (Lipinski definition) is 22. The van der Waals surface area contributed by atoms with Gasteiger partial charge in [0.1, 0.15) is 0 Å². The number of hydrogen-bond donors (Lipinski definition) is 2. The average molecular weight is 1520 g/mol. The molecular weight excluding hydrogens is 1440 g/mol. The van der Waals surface area contributed by atoms with Crippen LogP contribution in [0.4, 0.5) is 11.4 Å². The summed E-state index contributed by atoms with van der Waals surface area (Å²) in [5, 5.41) is 5.43. The predicted octanol–water partition coefficient (Wildman–Crippen LogP) is -0.360. The van der Waals surface area contributed by atoms with Gasteiger partial charge in [-0.2, -0.15) is 9.97 Å². The van der Waals surface area contributed by atoms with Crippen LogP contribution in [0.1, 0.15) is 42.4 Å². The van der Waals surface area contributed by atoms with Crippen LogP contribution in [0.2, 0.25) is 0 Å². The molecule has 4 aliphatic heterocycles. The zero-order valence-corrected chi connectivity index (χ0v) is 59.8. The van der Waals surface area contributed by atoms with Crippen LogP contribution in [-0.4, -0.2) is 240 Å². The summed E-state index contributed by atoms with van der Waals surface area (Å²) in [5.74, 6) is 8.42. The maximum atomic E-state index is 13.2. The van der Waals surface area contributed by atoms with E-state index in [9.17, 15) is 55.2 Å². The number of aryl methyl sites for hydroxylation is 2. The molecule has 2 aromatic carbocycles. The number of rotatable bonds is 22. The summed E-state index contributed by atoms with van der Waals surface area (Å²) in [4.78, 5) is 118. The number of anilines is 2. The van der Waals surface area contributed by atoms with Gasteiger partial charge in [-0.1, -0.05) is 17.8 Å². The van der Waals surface area contributed by atoms with E-state index in [1.807, 2.05) is 28.0 Å². The SMILES string of the molecule is C#CCn1c(=O)n(C)c(=O)c2c1nc(S(=O)(=O)CC1CC1)n2C.Cn1c(=O)c2c(nc(S(=O)(=O)CC3CC3)n2C)n(CC#Cc2cc(CC(=O)CN3CCOCC3)cc(NC(=O)CN3CCOCC3)c2)c1=O.O=C(Cc1cc(I)cc(NC(=O)CN2CCOCC2)c1)CN1CCOCC1. The van der Waals surface area contributed by atoms with Crippen LogP contribution in [0.15, 0.2) is 65.9 Å². The zero-order chi connectivity index (χ0) is 70.7. The minimum Gasteiger partial charge on any atom is -0.379 e. The number of ether oxygens (including phenoxy) is 4. The third kappa shape index (κ3) is 19.7. The van der Waals surface area contributed by atoms with E-state index >= 15 is 0 Å². The Bertz CT molecular complexity index is 4520. The Labute approximate surface area is 585 Å². The van der Waals surface area contributed by atoms with Crippen molar-refractivity contribution in [3.05, 3.63) is 98.3 Å². The van der Waals surface area contributed by atoms with E-state index < -0.39 is 42.2 Å². The lowest BCUT2D eigenvalue weighted by Crippen LogP contribution is -2.41. The van der Waals surface area contributed by atoms with Crippen molar-refractivity contribution in [2.24, 2.45) is 40.0 Å². The molecule has 0 unspecified atom stereocenters. The van der Waals surface area contributed by atoms with Crippen molar-refractivity contribution in [2.45, 2.75) is 61.9 Å². The van der Waals surface area contributed by atoms with Crippen LogP contribution >= 0.6 is 22.6 Å². The molecule has 0 radical (unpaired) electrons. The van der Waals surface area contributed by atoms with Crippen LogP contribution in [0, 0.1) is 39.6 Å². The number of ketones is 2. The Morgan fingerprint density at radius 1 is 0.525 bits per heavy atom. The van der Waals surface area contributed by atoms with E-state index in [4.69, 9.17) is 25.4 Å². The van der Waals surface area contributed by atoms with Gasteiger partial charge in [-0.05, 0) is 108 Å². The zero-order valence-electron chi connectivity index (χ0n) is 56.0. The quantitative estimate of drug-likeness (QED) is 0.0647. The number of terminal acetylenes is 1. The van der Waals surface area contributed by atoms with Gasteiger partial charge in [-0.15, -0.1) is 6.42 Å². The van der Waals surface area contributed by atoms with E-state index in [2.05, 4.69) is 70.8 Å². The molecule has 0 atom stereocenters. The van der Waals surface area contributed by atoms with Crippen molar-refractivity contribution >= 4 is 99.3 Å². The number of imidazole rings is 2. The Balaban J connectivity index is 0.000000178. The summed E-state index contributed by atoms with van der Waals surface area (Å²) in [6.45, 7) is 11.9. The van der Waals surface area contributed by atoms with E-state index in [1.165, 1.54) is 41.9 Å². The molecule has 2 aliphatic carbocycles. The number of fused-ring (bicyclic) bond motifs is 2. The van der Waals surface area contributed by atoms with Gasteiger partial charge in [0.25, 0.3) is 11.1 Å². The molecule has 532 valence electrons. The van der Waals surface area contributed by atoms with Gasteiger partial charge in [-0.25, -0.2) is 26.4 Å². The third-order valence-electron chi connectivity index (χ3n) is 17.5. The minimum atomic E-state index is -3.79. The summed E-state index contributed by atoms with van der Waals surface area (Å²) in [7, 11) is -1.86. The molecule has 2 N–H and O–H groups in total. The second kappa shape index (κ2) is 33.3. The van der Waals surface area contributed by atoms with E-state index in [0.717, 1.165) is 80.4 Å². The Morgan fingerprint density at radius 3 is 1.29 bits per heavy atom. The molecule has 4 saturated heterocycles. The lowest BCUT2D eigenvalue weighted by atomic mass is 10.0. The van der Waals surface area contributed by atoms with Gasteiger partial charge >= 0.3 is 11.4 Å². The first kappa shape index (κ1) is 74.1. The molecule has 6 aliphatic rings. The van der Waals surface area contributed by atoms with Crippen molar-refractivity contribution in [1.29, 1.82) is 0 Å². The maximum absolute atomic E-state index is 13.2. The Hall–Kier alpha value is -7.55. The highest BCUT2D eigenvalue weighted by Gasteiger charge is 2.35. The van der Waals surface area contributed by atoms with Crippen molar-refractivity contribution < 1.29 is 55.0 Å². The molecule has 33 heteroatoms. The van der Waals surface area contributed by atoms with Crippen LogP contribution in [-0.2, 0) is 112 Å². The number of sulfone groups is 2. The molecule has 30 nitrogen and oxygen atoms in total. The van der Waals surface area contributed by atoms with E-state index in [-0.39, 0.29) is 112 Å². The van der Waals surface area contributed by atoms with Crippen LogP contribution < -0.4 is 33.1 Å². The van der Waals surface area contributed by atoms with Gasteiger partial charge < -0.3 is 38.7 Å². The molecule has 4 aromatic heterocycles. The number of Topliss-reactive ketones (excluding diaryl/α,β-unsaturated/α-hetero) is 2. The number of nitrogens with zero attached hydrogens (tertiary/aromatic N) is 12. The topological polar surface area (TPSA) is 334 Å². The standard InChI is InChI=1S/C33H41N7O8S.C19H26IN3O4.C14H16N4O4S/c1-36-29-30(35-32(36)49(45,46)22-23-5-6-23)40(33(44)37(2)31(29)43)7-3-4-24-16-25(19-27(41)20-38-8-12-47-13-9-38)18-26(17-24)34-28(42)21-39-10-14-48-15-11-39;20-16-9-15(11-18(24)13-22-1-5-26-6-2-22)10-17(12-16)21-19(25)14-23-3-7-27-8-4-23;1-4-7-18-11-10(12(19)17(3)14(18)20)16(2)13(15-11)23(21,22)8-9-5-6-9/h16-18,23H,5-15,19-22H2,1-2H3,(H,34,42);9-10,12H,1-8,11,13-14H2,(H,21,25);1,9H,5-8H2,2-3H3. The van der Waals surface area contributed by atoms with Crippen molar-refractivity contribution in [2.75, 3.05) is 154 Å². The number of halogens is 1. The lowest BCUT2D eigenvalue weighted by molar-refractivity contribution is -0.121. The monoisotopic (exact) mass is 1520 g/mol. The predicted molar refractivity (Wildman–Crippen MR) is 375 cm³/mol. The fraction of sp³-hybridized carbons (Fsp3) is 0.545. The molecule has 6 fully saturated rings. The molecule has 2 amide bonds. The number of amides is 2. The molecule has 0 bridgehead atoms. The minimum absolute atomic E-state index is 0.00382. The number of benzene rings is 2. The summed E-state index contributed by atoms with van der Waals surface area (Å²) in [5.41, 5.74) is 0.767. The van der Waals surface area contributed by atoms with Crippen LogP contribution in [0.3, 0.4) is 0 Å². The van der Waals surface area contributed by atoms with Gasteiger partial charge in [-0.3, -0.25) is 66.6 Å². The molecular formula is C66H83IN14O16S2. The lowest BCUT2D eigenvalue weighted by Gasteiger charge is -2.26. The summed E-state index contributed by atoms with van der Waals surface area (Å²) in [6, 6.07) is 11.0. The number of carbonyl (C=O) groups is 4. The first-order chi connectivity index (χ1) is 47.3. The first-order valence-electron chi connectivity index (χ1n) is 32.8. The van der Waals surface area contributed by atoms with Crippen LogP contribution in [0.25, 0.3) is 22.3 Å². The number of aromatic nitrogens is 8. The largest absolute Gasteiger partial charge is 0.379 e. The summed E-state index contributed by atoms with van der Waals surface area (Å²) < 4.78 is 80.2. The molecule has 2 saturated carbocycles. The Morgan fingerprint density at radius 2 is 0.899 bits per heavy atom. The fourth-order valence-electron chi connectivity index (χ4n) is 12.0. The highest BCUT2D eigenvalue weighted by atomic mass is 127. The number of nitrogens with one attached hydrogen (secondary N) is 2. The molecule has 12 rings (SSSR count). The van der Waals surface area contributed by atoms with Gasteiger partial charge in [0.05, 0.1) is 104 Å². The third-order valence-corrected chi connectivity index (χ3v) is 21.8. The fourth-order valence-corrected chi connectivity index (χ4v) is 16.4. The highest BCUT2D eigenvalue weighted by Crippen LogP contribution is 2.33. The van der Waals surface area contributed by atoms with Crippen molar-refractivity contribution in [3.8, 4) is 24.2 Å². The number of morpholine rings is 4. The van der Waals surface area contributed by atoms with Gasteiger partial charge in [0.15, 0.2) is 33.9 Å². The summed E-state index contributed by atoms with van der Waals surface area (Å²) >= 11 is 2.22. The van der Waals surface area contributed by atoms with Gasteiger partial charge in [0.2, 0.25) is 41.8 Å². The first-order valence-corrected chi connectivity index (χ1v) is 37.2.